The van der Waals surface area contributed by atoms with Crippen LogP contribution in [0.4, 0.5) is 4.39 Å². The van der Waals surface area contributed by atoms with Gasteiger partial charge >= 0.3 is 0 Å². The van der Waals surface area contributed by atoms with Gasteiger partial charge in [0.05, 0.1) is 11.5 Å². The zero-order valence-electron chi connectivity index (χ0n) is 10.4. The molecule has 3 heteroatoms. The molecule has 2 aromatic carbocycles. The molecule has 2 aromatic rings. The maximum atomic E-state index is 13.8. The molecule has 2 unspecified atom stereocenters. The zero-order valence-corrected chi connectivity index (χ0v) is 10.4. The molecule has 2 nitrogen and oxygen atoms in total. The first-order valence-electron chi connectivity index (χ1n) is 6.13. The molecule has 1 N–H and O–H groups in total. The van der Waals surface area contributed by atoms with Crippen LogP contribution in [0.5, 0.6) is 0 Å². The second-order valence-electron chi connectivity index (χ2n) is 5.08. The van der Waals surface area contributed by atoms with Gasteiger partial charge in [-0.3, -0.25) is 4.79 Å². The third-order valence-corrected chi connectivity index (χ3v) is 3.67. The molecule has 1 aliphatic rings. The number of rotatable bonds is 1. The Balaban J connectivity index is 2.27. The fraction of sp³-hybridized carbons (Fsp3) is 0.188. The molecule has 0 aromatic heterocycles. The summed E-state index contributed by atoms with van der Waals surface area (Å²) in [4.78, 5) is 12.0. The summed E-state index contributed by atoms with van der Waals surface area (Å²) in [5.41, 5.74) is -0.561. The van der Waals surface area contributed by atoms with E-state index in [1.807, 2.05) is 0 Å². The van der Waals surface area contributed by atoms with Crippen LogP contribution in [0.3, 0.4) is 0 Å². The van der Waals surface area contributed by atoms with Gasteiger partial charge in [0, 0.05) is 5.39 Å². The van der Waals surface area contributed by atoms with Gasteiger partial charge in [0.15, 0.2) is 5.78 Å². The number of benzene rings is 2. The fourth-order valence-electron chi connectivity index (χ4n) is 2.74. The van der Waals surface area contributed by atoms with E-state index < -0.39 is 11.5 Å². The molecule has 0 saturated carbocycles. The predicted octanol–water partition coefficient (Wildman–Crippen LogP) is 2.95. The summed E-state index contributed by atoms with van der Waals surface area (Å²) in [6.07, 6.45) is 2.89. The summed E-state index contributed by atoms with van der Waals surface area (Å²) in [6, 6.07) is 9.93. The molecule has 0 bridgehead atoms. The summed E-state index contributed by atoms with van der Waals surface area (Å²) in [5, 5.41) is 11.4. The molecule has 96 valence electrons. The lowest BCUT2D eigenvalue weighted by molar-refractivity contribution is -0.118. The summed E-state index contributed by atoms with van der Waals surface area (Å²) in [5.74, 6) is -1.14. The molecule has 0 heterocycles. The van der Waals surface area contributed by atoms with E-state index in [9.17, 15) is 14.3 Å². The Kier molecular flexibility index (Phi) is 2.54. The second-order valence-corrected chi connectivity index (χ2v) is 5.08. The Morgan fingerprint density at radius 1 is 1.16 bits per heavy atom. The van der Waals surface area contributed by atoms with Gasteiger partial charge in [-0.1, -0.05) is 30.3 Å². The highest BCUT2D eigenvalue weighted by molar-refractivity contribution is 6.03. The molecule has 3 rings (SSSR count). The van der Waals surface area contributed by atoms with Crippen LogP contribution >= 0.6 is 0 Å². The summed E-state index contributed by atoms with van der Waals surface area (Å²) in [6.45, 7) is 1.59. The highest BCUT2D eigenvalue weighted by Crippen LogP contribution is 2.39. The minimum Gasteiger partial charge on any atom is -0.385 e. The van der Waals surface area contributed by atoms with Crippen LogP contribution in [0.15, 0.2) is 48.6 Å². The number of halogens is 1. The molecule has 1 aliphatic carbocycles. The van der Waals surface area contributed by atoms with Crippen LogP contribution in [0, 0.1) is 5.82 Å². The lowest BCUT2D eigenvalue weighted by Crippen LogP contribution is -2.30. The van der Waals surface area contributed by atoms with E-state index >= 15 is 0 Å². The Hall–Kier alpha value is -2.00. The van der Waals surface area contributed by atoms with Crippen molar-refractivity contribution in [2.75, 3.05) is 0 Å². The van der Waals surface area contributed by atoms with Crippen LogP contribution in [0.25, 0.3) is 10.8 Å². The molecule has 0 spiro atoms. The van der Waals surface area contributed by atoms with Crippen molar-refractivity contribution in [1.29, 1.82) is 0 Å². The van der Waals surface area contributed by atoms with Gasteiger partial charge in [0.2, 0.25) is 0 Å². The standard InChI is InChI=1S/C16H13FO2/c1-16(19)9-8-14(18)15(16)12-6-7-13(17)11-5-3-2-4-10(11)12/h2-9,15,19H,1H3. The quantitative estimate of drug-likeness (QED) is 0.851. The number of allylic oxidation sites excluding steroid dienone is 1. The number of carbonyl (C=O) groups excluding carboxylic acids is 1. The summed E-state index contributed by atoms with van der Waals surface area (Å²) < 4.78 is 13.8. The number of fused-ring (bicyclic) bond motifs is 1. The largest absolute Gasteiger partial charge is 0.385 e. The maximum absolute atomic E-state index is 13.8. The molecule has 0 fully saturated rings. The van der Waals surface area contributed by atoms with Gasteiger partial charge in [-0.25, -0.2) is 4.39 Å². The first kappa shape index (κ1) is 12.1. The van der Waals surface area contributed by atoms with Crippen molar-refractivity contribution < 1.29 is 14.3 Å². The van der Waals surface area contributed by atoms with Gasteiger partial charge in [-0.2, -0.15) is 0 Å². The molecular weight excluding hydrogens is 243 g/mol. The molecular formula is C16H13FO2. The van der Waals surface area contributed by atoms with Gasteiger partial charge in [-0.15, -0.1) is 0 Å². The van der Waals surface area contributed by atoms with Crippen molar-refractivity contribution in [3.63, 3.8) is 0 Å². The third-order valence-electron chi connectivity index (χ3n) is 3.67. The smallest absolute Gasteiger partial charge is 0.166 e. The van der Waals surface area contributed by atoms with Crippen molar-refractivity contribution >= 4 is 16.6 Å². The Morgan fingerprint density at radius 2 is 1.84 bits per heavy atom. The van der Waals surface area contributed by atoms with E-state index in [-0.39, 0.29) is 11.6 Å². The summed E-state index contributed by atoms with van der Waals surface area (Å²) >= 11 is 0. The van der Waals surface area contributed by atoms with Crippen molar-refractivity contribution in [2.24, 2.45) is 0 Å². The molecule has 0 radical (unpaired) electrons. The first-order chi connectivity index (χ1) is 9.00. The lowest BCUT2D eigenvalue weighted by Gasteiger charge is -2.25. The number of hydrogen-bond acceptors (Lipinski definition) is 2. The predicted molar refractivity (Wildman–Crippen MR) is 71.4 cm³/mol. The molecule has 0 amide bonds. The number of hydrogen-bond donors (Lipinski definition) is 1. The first-order valence-corrected chi connectivity index (χ1v) is 6.13. The van der Waals surface area contributed by atoms with E-state index in [1.54, 1.807) is 37.3 Å². The minimum absolute atomic E-state index is 0.151. The van der Waals surface area contributed by atoms with Crippen LogP contribution in [0.2, 0.25) is 0 Å². The van der Waals surface area contributed by atoms with E-state index in [0.29, 0.717) is 16.3 Å². The maximum Gasteiger partial charge on any atom is 0.166 e. The topological polar surface area (TPSA) is 37.3 Å². The third kappa shape index (κ3) is 1.78. The minimum atomic E-state index is -1.22. The average molecular weight is 256 g/mol. The van der Waals surface area contributed by atoms with Crippen LogP contribution in [-0.2, 0) is 4.79 Å². The average Bonchev–Trinajstić information content (AvgIpc) is 2.66. The Bertz CT molecular complexity index is 701. The molecule has 0 aliphatic heterocycles. The highest BCUT2D eigenvalue weighted by Gasteiger charge is 2.40. The van der Waals surface area contributed by atoms with Crippen molar-refractivity contribution in [3.8, 4) is 0 Å². The Morgan fingerprint density at radius 3 is 2.47 bits per heavy atom. The van der Waals surface area contributed by atoms with Gasteiger partial charge < -0.3 is 5.11 Å². The van der Waals surface area contributed by atoms with E-state index in [0.717, 1.165) is 0 Å². The SMILES string of the molecule is CC1(O)C=CC(=O)C1c1ccc(F)c2ccccc12. The fourth-order valence-corrected chi connectivity index (χ4v) is 2.74. The van der Waals surface area contributed by atoms with Crippen LogP contribution in [0.1, 0.15) is 18.4 Å². The molecule has 19 heavy (non-hydrogen) atoms. The summed E-state index contributed by atoms with van der Waals surface area (Å²) in [7, 11) is 0. The number of aliphatic hydroxyl groups is 1. The number of ketones is 1. The Labute approximate surface area is 110 Å². The van der Waals surface area contributed by atoms with Gasteiger partial charge in [0.25, 0.3) is 0 Å². The lowest BCUT2D eigenvalue weighted by atomic mass is 9.83. The van der Waals surface area contributed by atoms with E-state index in [2.05, 4.69) is 0 Å². The zero-order chi connectivity index (χ0) is 13.6. The van der Waals surface area contributed by atoms with E-state index in [1.165, 1.54) is 18.2 Å². The monoisotopic (exact) mass is 256 g/mol. The van der Waals surface area contributed by atoms with Crippen molar-refractivity contribution in [3.05, 3.63) is 59.9 Å². The van der Waals surface area contributed by atoms with Crippen molar-refractivity contribution in [1.82, 2.24) is 0 Å². The van der Waals surface area contributed by atoms with Gasteiger partial charge in [-0.05, 0) is 36.1 Å². The second kappa shape index (κ2) is 4.00. The van der Waals surface area contributed by atoms with E-state index in [4.69, 9.17) is 0 Å². The molecule has 0 saturated heterocycles. The van der Waals surface area contributed by atoms with Gasteiger partial charge in [0.1, 0.15) is 5.82 Å². The van der Waals surface area contributed by atoms with Crippen molar-refractivity contribution in [2.45, 2.75) is 18.4 Å². The van der Waals surface area contributed by atoms with Crippen LogP contribution in [-0.4, -0.2) is 16.5 Å². The van der Waals surface area contributed by atoms with Crippen LogP contribution < -0.4 is 0 Å². The highest BCUT2D eigenvalue weighted by atomic mass is 19.1. The number of carbonyl (C=O) groups is 1. The normalized spacial score (nSPS) is 26.3. The molecule has 2 atom stereocenters.